The average Bonchev–Trinajstić information content (AvgIpc) is 2.98. The number of halogens is 4. The highest BCUT2D eigenvalue weighted by Gasteiger charge is 2.29. The predicted octanol–water partition coefficient (Wildman–Crippen LogP) is 6.73. The highest BCUT2D eigenvalue weighted by molar-refractivity contribution is 6.31. The van der Waals surface area contributed by atoms with Crippen molar-refractivity contribution in [3.8, 4) is 22.4 Å². The highest BCUT2D eigenvalue weighted by atomic mass is 35.5. The second kappa shape index (κ2) is 12.4. The highest BCUT2D eigenvalue weighted by Crippen LogP contribution is 2.37. The lowest BCUT2D eigenvalue weighted by Crippen LogP contribution is -2.34. The number of esters is 1. The van der Waals surface area contributed by atoms with Gasteiger partial charge in [0.2, 0.25) is 5.91 Å². The Hall–Kier alpha value is -4.44. The molecule has 11 heteroatoms. The third-order valence-electron chi connectivity index (χ3n) is 7.67. The molecule has 2 bridgehead atoms. The van der Waals surface area contributed by atoms with Crippen LogP contribution in [0, 0.1) is 28.6 Å². The summed E-state index contributed by atoms with van der Waals surface area (Å²) in [6, 6.07) is 11.5. The second-order valence-corrected chi connectivity index (χ2v) is 10.9. The third kappa shape index (κ3) is 6.19. The number of nitrogens with one attached hydrogen (secondary N) is 1. The maximum absolute atomic E-state index is 15.4. The number of hydrogen-bond donors (Lipinski definition) is 1. The van der Waals surface area contributed by atoms with Gasteiger partial charge in [0.15, 0.2) is 17.7 Å². The number of benzene rings is 2. The molecule has 2 aromatic carbocycles. The summed E-state index contributed by atoms with van der Waals surface area (Å²) in [7, 11) is 1.28. The van der Waals surface area contributed by atoms with Gasteiger partial charge in [0.1, 0.15) is 11.6 Å². The molecule has 43 heavy (non-hydrogen) atoms. The summed E-state index contributed by atoms with van der Waals surface area (Å²) in [6.07, 6.45) is 3.30. The van der Waals surface area contributed by atoms with Crippen molar-refractivity contribution in [2.45, 2.75) is 38.5 Å². The Balaban J connectivity index is 1.62. The molecule has 0 unspecified atom stereocenters. The predicted molar refractivity (Wildman–Crippen MR) is 155 cm³/mol. The van der Waals surface area contributed by atoms with Gasteiger partial charge in [0.25, 0.3) is 0 Å². The lowest BCUT2D eigenvalue weighted by molar-refractivity contribution is -0.614. The van der Waals surface area contributed by atoms with Crippen LogP contribution in [-0.4, -0.2) is 24.0 Å². The zero-order valence-electron chi connectivity index (χ0n) is 23.3. The standard InChI is InChI=1S/C32H27ClF3N3O4/c1-17-4-3-5-20(28-11-7-19(16-39(28)42)30-24(34)10-9-23(33)31(30)36)22-14-26(37-15-25(22)35)21-8-6-18(13-29(40)43-2)12-27(21)38-32(17)41/h6-12,14-17,20H,3-5,13H2,1-2H3,(H,38,41)/t17-,20+/m0/s1. The quantitative estimate of drug-likeness (QED) is 0.120. The van der Waals surface area contributed by atoms with Crippen LogP contribution in [-0.2, 0) is 20.7 Å². The van der Waals surface area contributed by atoms with E-state index in [0.29, 0.717) is 46.5 Å². The molecule has 4 aromatic rings. The maximum atomic E-state index is 15.4. The van der Waals surface area contributed by atoms with E-state index >= 15 is 4.39 Å². The fourth-order valence-corrected chi connectivity index (χ4v) is 5.47. The summed E-state index contributed by atoms with van der Waals surface area (Å²) in [6.45, 7) is 1.77. The van der Waals surface area contributed by atoms with Gasteiger partial charge in [-0.2, -0.15) is 4.73 Å². The molecule has 0 aliphatic carbocycles. The molecule has 3 heterocycles. The number of ether oxygens (including phenoxy) is 1. The Bertz CT molecular complexity index is 1730. The minimum absolute atomic E-state index is 0.0120. The van der Waals surface area contributed by atoms with Crippen molar-refractivity contribution in [2.24, 2.45) is 5.92 Å². The van der Waals surface area contributed by atoms with Crippen LogP contribution in [0.1, 0.15) is 48.9 Å². The summed E-state index contributed by atoms with van der Waals surface area (Å²) in [4.78, 5) is 29.2. The molecular weight excluding hydrogens is 583 g/mol. The van der Waals surface area contributed by atoms with Crippen molar-refractivity contribution in [3.63, 3.8) is 0 Å². The van der Waals surface area contributed by atoms with E-state index in [9.17, 15) is 23.6 Å². The van der Waals surface area contributed by atoms with Crippen molar-refractivity contribution in [2.75, 3.05) is 12.4 Å². The zero-order valence-corrected chi connectivity index (χ0v) is 24.1. The van der Waals surface area contributed by atoms with Crippen LogP contribution >= 0.6 is 11.6 Å². The first kappa shape index (κ1) is 30.0. The van der Waals surface area contributed by atoms with Crippen LogP contribution in [0.4, 0.5) is 18.9 Å². The van der Waals surface area contributed by atoms with Crippen LogP contribution in [0.5, 0.6) is 0 Å². The van der Waals surface area contributed by atoms with E-state index in [4.69, 9.17) is 16.3 Å². The van der Waals surface area contributed by atoms with Gasteiger partial charge in [-0.3, -0.25) is 14.6 Å². The molecule has 0 spiro atoms. The molecule has 2 atom stereocenters. The van der Waals surface area contributed by atoms with E-state index in [1.807, 2.05) is 0 Å². The van der Waals surface area contributed by atoms with Gasteiger partial charge in [-0.1, -0.05) is 37.1 Å². The molecule has 0 fully saturated rings. The van der Waals surface area contributed by atoms with Crippen LogP contribution < -0.4 is 10.0 Å². The number of methoxy groups -OCH3 is 1. The summed E-state index contributed by atoms with van der Waals surface area (Å²) in [5.41, 5.74) is 1.72. The topological polar surface area (TPSA) is 95.2 Å². The number of hydrogen-bond acceptors (Lipinski definition) is 5. The maximum Gasteiger partial charge on any atom is 0.309 e. The molecule has 0 radical (unpaired) electrons. The molecule has 1 amide bonds. The van der Waals surface area contributed by atoms with E-state index < -0.39 is 40.8 Å². The van der Waals surface area contributed by atoms with E-state index in [0.717, 1.165) is 24.5 Å². The Morgan fingerprint density at radius 1 is 1.12 bits per heavy atom. The van der Waals surface area contributed by atoms with Crippen LogP contribution in [0.3, 0.4) is 0 Å². The summed E-state index contributed by atoms with van der Waals surface area (Å²) in [5.74, 6) is -4.40. The van der Waals surface area contributed by atoms with Gasteiger partial charge in [-0.25, -0.2) is 13.2 Å². The van der Waals surface area contributed by atoms with Crippen LogP contribution in [0.15, 0.2) is 60.9 Å². The Morgan fingerprint density at radius 2 is 1.91 bits per heavy atom. The minimum Gasteiger partial charge on any atom is -0.618 e. The molecule has 1 aliphatic rings. The number of carbonyl (C=O) groups excluding carboxylic acids is 2. The molecule has 5 rings (SSSR count). The summed E-state index contributed by atoms with van der Waals surface area (Å²) < 4.78 is 49.9. The van der Waals surface area contributed by atoms with Crippen LogP contribution in [0.2, 0.25) is 5.02 Å². The van der Waals surface area contributed by atoms with E-state index in [1.165, 1.54) is 25.3 Å². The molecule has 0 saturated carbocycles. The minimum atomic E-state index is -0.995. The van der Waals surface area contributed by atoms with Gasteiger partial charge in [0, 0.05) is 23.1 Å². The number of anilines is 1. The molecular formula is C32H27ClF3N3O4. The third-order valence-corrected chi connectivity index (χ3v) is 7.96. The van der Waals surface area contributed by atoms with Crippen molar-refractivity contribution in [1.29, 1.82) is 0 Å². The first-order valence-electron chi connectivity index (χ1n) is 13.6. The van der Waals surface area contributed by atoms with Gasteiger partial charge in [0.05, 0.1) is 53.2 Å². The van der Waals surface area contributed by atoms with E-state index in [2.05, 4.69) is 10.3 Å². The number of nitrogens with zero attached hydrogens (tertiary/aromatic N) is 2. The fourth-order valence-electron chi connectivity index (χ4n) is 5.32. The van der Waals surface area contributed by atoms with E-state index in [-0.39, 0.29) is 34.2 Å². The van der Waals surface area contributed by atoms with Gasteiger partial charge < -0.3 is 15.3 Å². The number of amides is 1. The van der Waals surface area contributed by atoms with Crippen LogP contribution in [0.25, 0.3) is 22.4 Å². The number of pyridine rings is 2. The number of carbonyl (C=O) groups is 2. The molecule has 1 N–H and O–H groups in total. The Morgan fingerprint density at radius 3 is 2.65 bits per heavy atom. The van der Waals surface area contributed by atoms with Gasteiger partial charge in [-0.05, 0) is 48.7 Å². The lowest BCUT2D eigenvalue weighted by atomic mass is 9.87. The lowest BCUT2D eigenvalue weighted by Gasteiger charge is -2.22. The van der Waals surface area contributed by atoms with E-state index in [1.54, 1.807) is 25.1 Å². The number of rotatable bonds is 4. The van der Waals surface area contributed by atoms with Crippen molar-refractivity contribution >= 4 is 29.2 Å². The SMILES string of the molecule is COC(=O)Cc1ccc2c(c1)NC(=O)[C@@H](C)CCC[C@@H](c1ccc(-c3c(F)ccc(Cl)c3F)c[n+]1[O-])c1cc-2ncc1F. The van der Waals surface area contributed by atoms with Crippen molar-refractivity contribution < 1.29 is 32.2 Å². The van der Waals surface area contributed by atoms with Crippen molar-refractivity contribution in [3.05, 3.63) is 105 Å². The number of aromatic nitrogens is 2. The smallest absolute Gasteiger partial charge is 0.309 e. The molecule has 1 aliphatic heterocycles. The second-order valence-electron chi connectivity index (χ2n) is 10.5. The monoisotopic (exact) mass is 609 g/mol. The zero-order chi connectivity index (χ0) is 30.8. The Labute approximate surface area is 250 Å². The molecule has 0 saturated heterocycles. The number of fused-ring (bicyclic) bond motifs is 4. The molecule has 2 aromatic heterocycles. The first-order valence-corrected chi connectivity index (χ1v) is 14.0. The first-order chi connectivity index (χ1) is 20.6. The average molecular weight is 610 g/mol. The Kier molecular flexibility index (Phi) is 8.68. The molecule has 222 valence electrons. The normalized spacial score (nSPS) is 16.8. The molecule has 7 nitrogen and oxygen atoms in total. The van der Waals surface area contributed by atoms with Gasteiger partial charge in [-0.15, -0.1) is 0 Å². The fraction of sp³-hybridized carbons (Fsp3) is 0.250. The summed E-state index contributed by atoms with van der Waals surface area (Å²) in [5, 5.41) is 16.0. The largest absolute Gasteiger partial charge is 0.618 e. The van der Waals surface area contributed by atoms with Gasteiger partial charge >= 0.3 is 5.97 Å². The van der Waals surface area contributed by atoms with Crippen molar-refractivity contribution in [1.82, 2.24) is 4.98 Å². The summed E-state index contributed by atoms with van der Waals surface area (Å²) >= 11 is 5.84.